The van der Waals surface area contributed by atoms with Crippen LogP contribution in [0.2, 0.25) is 0 Å². The van der Waals surface area contributed by atoms with Crippen LogP contribution in [0.15, 0.2) is 58.8 Å². The van der Waals surface area contributed by atoms with Crippen molar-refractivity contribution in [3.05, 3.63) is 59.7 Å². The highest BCUT2D eigenvalue weighted by Crippen LogP contribution is 2.12. The summed E-state index contributed by atoms with van der Waals surface area (Å²) in [4.78, 5) is 33.0. The number of hydrogen-bond donors (Lipinski definition) is 2. The fourth-order valence-corrected chi connectivity index (χ4v) is 2.43. The Morgan fingerprint density at radius 2 is 1.22 bits per heavy atom. The molecule has 10 nitrogen and oxygen atoms in total. The van der Waals surface area contributed by atoms with E-state index in [1.165, 1.54) is 0 Å². The summed E-state index contributed by atoms with van der Waals surface area (Å²) < 4.78 is 0. The van der Waals surface area contributed by atoms with Gasteiger partial charge < -0.3 is 0 Å². The lowest BCUT2D eigenvalue weighted by Gasteiger charge is -2.05. The van der Waals surface area contributed by atoms with Crippen LogP contribution in [0.25, 0.3) is 0 Å². The average molecular weight is 432 g/mol. The van der Waals surface area contributed by atoms with Crippen molar-refractivity contribution in [1.82, 2.24) is 0 Å². The summed E-state index contributed by atoms with van der Waals surface area (Å²) in [5, 5.41) is 29.9. The molecule has 0 bridgehead atoms. The number of nitrogens with one attached hydrogen (secondary N) is 2. The van der Waals surface area contributed by atoms with Crippen LogP contribution in [0.3, 0.4) is 0 Å². The number of nitriles is 2. The predicted molar refractivity (Wildman–Crippen MR) is 118 cm³/mol. The second kappa shape index (κ2) is 12.1. The van der Waals surface area contributed by atoms with Gasteiger partial charge in [-0.05, 0) is 48.2 Å². The molecule has 0 fully saturated rings. The van der Waals surface area contributed by atoms with Crippen molar-refractivity contribution in [1.29, 1.82) is 10.5 Å². The molecule has 0 spiro atoms. The van der Waals surface area contributed by atoms with Gasteiger partial charge in [0, 0.05) is 11.4 Å². The molecule has 0 aliphatic carbocycles. The van der Waals surface area contributed by atoms with Crippen LogP contribution in [0, 0.1) is 22.7 Å². The van der Waals surface area contributed by atoms with E-state index in [0.29, 0.717) is 11.4 Å². The first kappa shape index (κ1) is 23.6. The maximum Gasteiger partial charge on any atom is 0.437 e. The third kappa shape index (κ3) is 7.28. The Morgan fingerprint density at radius 1 is 0.812 bits per heavy atom. The Balaban J connectivity index is 2.00. The lowest BCUT2D eigenvalue weighted by molar-refractivity contribution is 0.164. The molecule has 2 rings (SSSR count). The van der Waals surface area contributed by atoms with Crippen molar-refractivity contribution >= 4 is 35.0 Å². The number of oxime groups is 2. The molecule has 0 unspecified atom stereocenters. The number of amides is 2. The number of carbonyl (C=O) groups is 2. The van der Waals surface area contributed by atoms with Crippen LogP contribution < -0.4 is 10.6 Å². The van der Waals surface area contributed by atoms with E-state index in [1.807, 2.05) is 26.0 Å². The molecule has 32 heavy (non-hydrogen) atoms. The van der Waals surface area contributed by atoms with Crippen molar-refractivity contribution in [3.8, 4) is 12.1 Å². The van der Waals surface area contributed by atoms with E-state index < -0.39 is 23.6 Å². The summed E-state index contributed by atoms with van der Waals surface area (Å²) in [6.45, 7) is 3.93. The van der Waals surface area contributed by atoms with E-state index in [-0.39, 0.29) is 0 Å². The summed E-state index contributed by atoms with van der Waals surface area (Å²) in [6.07, 6.45) is -0.391. The van der Waals surface area contributed by atoms with Gasteiger partial charge in [0.2, 0.25) is 11.4 Å². The number of benzene rings is 2. The third-order valence-electron chi connectivity index (χ3n) is 4.04. The second-order valence-corrected chi connectivity index (χ2v) is 6.22. The SMILES string of the molecule is CCc1cccc(NC(=O)O/N=C(C#N)/C(C#N)=N\OC(=O)Nc2cccc(CC)c2)c1. The number of rotatable bonds is 7. The van der Waals surface area contributed by atoms with Crippen molar-refractivity contribution in [3.63, 3.8) is 0 Å². The number of hydrogen-bond acceptors (Lipinski definition) is 8. The van der Waals surface area contributed by atoms with Crippen LogP contribution in [0.1, 0.15) is 25.0 Å². The first-order valence-corrected chi connectivity index (χ1v) is 9.59. The lowest BCUT2D eigenvalue weighted by Crippen LogP contribution is -2.17. The Bertz CT molecular complexity index is 1040. The lowest BCUT2D eigenvalue weighted by atomic mass is 10.1. The first-order valence-electron chi connectivity index (χ1n) is 9.59. The highest BCUT2D eigenvalue weighted by Gasteiger charge is 2.14. The minimum absolute atomic E-state index is 0.476. The molecule has 0 radical (unpaired) electrons. The van der Waals surface area contributed by atoms with E-state index in [2.05, 4.69) is 30.6 Å². The molecule has 0 saturated carbocycles. The maximum atomic E-state index is 11.9. The van der Waals surface area contributed by atoms with E-state index in [4.69, 9.17) is 0 Å². The standard InChI is InChI=1S/C22H20N6O4/c1-3-15-7-5-9-17(11-15)25-21(29)31-27-19(13-23)20(14-24)28-32-22(30)26-18-10-6-8-16(4-2)12-18/h5-12H,3-4H2,1-2H3,(H,25,29)(H,26,30)/b27-19-,28-20+. The fraction of sp³-hybridized carbons (Fsp3) is 0.182. The van der Waals surface area contributed by atoms with E-state index >= 15 is 0 Å². The Morgan fingerprint density at radius 3 is 1.56 bits per heavy atom. The largest absolute Gasteiger partial charge is 0.437 e. The van der Waals surface area contributed by atoms with Gasteiger partial charge in [-0.25, -0.2) is 9.59 Å². The van der Waals surface area contributed by atoms with Crippen LogP contribution in [-0.4, -0.2) is 23.6 Å². The van der Waals surface area contributed by atoms with Gasteiger partial charge in [-0.2, -0.15) is 10.5 Å². The topological polar surface area (TPSA) is 149 Å². The molecule has 0 atom stereocenters. The molecule has 162 valence electrons. The summed E-state index contributed by atoms with van der Waals surface area (Å²) >= 11 is 0. The normalized spacial score (nSPS) is 11.0. The summed E-state index contributed by atoms with van der Waals surface area (Å²) in [6, 6.07) is 17.2. The van der Waals surface area contributed by atoms with Gasteiger partial charge in [-0.1, -0.05) is 48.4 Å². The molecule has 0 saturated heterocycles. The van der Waals surface area contributed by atoms with Crippen LogP contribution in [0.5, 0.6) is 0 Å². The zero-order valence-corrected chi connectivity index (χ0v) is 17.5. The minimum atomic E-state index is -0.974. The summed E-state index contributed by atoms with van der Waals surface area (Å²) in [5.74, 6) is 0. The predicted octanol–water partition coefficient (Wildman–Crippen LogP) is 4.37. The van der Waals surface area contributed by atoms with Gasteiger partial charge >= 0.3 is 12.2 Å². The van der Waals surface area contributed by atoms with E-state index in [9.17, 15) is 20.1 Å². The Labute approximate surface area is 184 Å². The van der Waals surface area contributed by atoms with Gasteiger partial charge in [0.15, 0.2) is 0 Å². The monoisotopic (exact) mass is 432 g/mol. The number of aryl methyl sites for hydroxylation is 2. The van der Waals surface area contributed by atoms with Gasteiger partial charge in [-0.3, -0.25) is 20.3 Å². The van der Waals surface area contributed by atoms with Crippen molar-refractivity contribution in [2.75, 3.05) is 10.6 Å². The molecule has 0 heterocycles. The number of nitrogens with zero attached hydrogens (tertiary/aromatic N) is 4. The maximum absolute atomic E-state index is 11.9. The molecule has 10 heteroatoms. The summed E-state index contributed by atoms with van der Waals surface area (Å²) in [7, 11) is 0. The molecule has 0 aromatic heterocycles. The quantitative estimate of drug-likeness (QED) is 0.377. The average Bonchev–Trinajstić information content (AvgIpc) is 2.81. The molecular formula is C22H20N6O4. The Kier molecular flexibility index (Phi) is 8.92. The van der Waals surface area contributed by atoms with Gasteiger partial charge in [0.05, 0.1) is 0 Å². The van der Waals surface area contributed by atoms with Gasteiger partial charge in [0.25, 0.3) is 0 Å². The third-order valence-corrected chi connectivity index (χ3v) is 4.04. The molecule has 0 aliphatic heterocycles. The van der Waals surface area contributed by atoms with Gasteiger partial charge in [0.1, 0.15) is 12.1 Å². The highest BCUT2D eigenvalue weighted by molar-refractivity contribution is 6.53. The van der Waals surface area contributed by atoms with E-state index in [0.717, 1.165) is 24.0 Å². The molecule has 2 amide bonds. The smallest absolute Gasteiger partial charge is 0.296 e. The minimum Gasteiger partial charge on any atom is -0.296 e. The Hall–Kier alpha value is -4.70. The molecule has 2 N–H and O–H groups in total. The molecule has 2 aromatic carbocycles. The highest BCUT2D eigenvalue weighted by atomic mass is 16.7. The number of anilines is 2. The summed E-state index contributed by atoms with van der Waals surface area (Å²) in [5.41, 5.74) is 1.66. The number of carbonyl (C=O) groups excluding carboxylic acids is 2. The van der Waals surface area contributed by atoms with Crippen LogP contribution in [0.4, 0.5) is 21.0 Å². The molecular weight excluding hydrogens is 412 g/mol. The van der Waals surface area contributed by atoms with Crippen LogP contribution >= 0.6 is 0 Å². The second-order valence-electron chi connectivity index (χ2n) is 6.22. The van der Waals surface area contributed by atoms with E-state index in [1.54, 1.807) is 48.5 Å². The van der Waals surface area contributed by atoms with Crippen molar-refractivity contribution in [2.45, 2.75) is 26.7 Å². The molecule has 0 aliphatic rings. The van der Waals surface area contributed by atoms with Crippen molar-refractivity contribution in [2.24, 2.45) is 10.3 Å². The van der Waals surface area contributed by atoms with Gasteiger partial charge in [-0.15, -0.1) is 0 Å². The fourth-order valence-electron chi connectivity index (χ4n) is 2.43. The first-order chi connectivity index (χ1) is 15.5. The molecule has 2 aromatic rings. The van der Waals surface area contributed by atoms with Crippen molar-refractivity contribution < 1.29 is 19.3 Å². The zero-order chi connectivity index (χ0) is 23.3. The van der Waals surface area contributed by atoms with Crippen LogP contribution in [-0.2, 0) is 22.5 Å². The zero-order valence-electron chi connectivity index (χ0n) is 17.5.